The van der Waals surface area contributed by atoms with Crippen LogP contribution in [0.25, 0.3) is 22.4 Å². The molecule has 3 heterocycles. The number of rotatable bonds is 5. The Bertz CT molecular complexity index is 1380. The third kappa shape index (κ3) is 4.76. The number of aryl methyl sites for hydroxylation is 3. The lowest BCUT2D eigenvalue weighted by molar-refractivity contribution is 0.0540. The van der Waals surface area contributed by atoms with Crippen molar-refractivity contribution in [3.8, 4) is 11.3 Å². The van der Waals surface area contributed by atoms with Crippen LogP contribution in [0.2, 0.25) is 0 Å². The van der Waals surface area contributed by atoms with Crippen LogP contribution in [0.15, 0.2) is 53.1 Å². The molecule has 180 valence electrons. The van der Waals surface area contributed by atoms with Gasteiger partial charge in [0, 0.05) is 30.4 Å². The van der Waals surface area contributed by atoms with Crippen molar-refractivity contribution in [2.45, 2.75) is 46.6 Å². The van der Waals surface area contributed by atoms with Crippen LogP contribution in [-0.4, -0.2) is 44.9 Å². The van der Waals surface area contributed by atoms with Gasteiger partial charge in [-0.2, -0.15) is 4.98 Å². The second kappa shape index (κ2) is 9.49. The molecule has 35 heavy (non-hydrogen) atoms. The van der Waals surface area contributed by atoms with Gasteiger partial charge in [0.2, 0.25) is 0 Å². The van der Waals surface area contributed by atoms with Gasteiger partial charge in [0.25, 0.3) is 11.9 Å². The fourth-order valence-corrected chi connectivity index (χ4v) is 4.94. The number of carbonyl (C=O) groups is 1. The smallest absolute Gasteiger partial charge is 0.295 e. The van der Waals surface area contributed by atoms with Crippen LogP contribution in [0.4, 0.5) is 6.01 Å². The van der Waals surface area contributed by atoms with Crippen molar-refractivity contribution in [3.63, 3.8) is 0 Å². The Balaban J connectivity index is 1.42. The Hall–Kier alpha value is -3.74. The molecule has 1 fully saturated rings. The number of amides is 1. The zero-order valence-electron chi connectivity index (χ0n) is 20.7. The maximum atomic E-state index is 14.0. The van der Waals surface area contributed by atoms with Crippen LogP contribution < -0.4 is 5.32 Å². The molecular formula is C28H31N5O2. The number of benzene rings is 2. The molecule has 2 aromatic heterocycles. The van der Waals surface area contributed by atoms with Crippen LogP contribution >= 0.6 is 0 Å². The van der Waals surface area contributed by atoms with Gasteiger partial charge < -0.3 is 14.6 Å². The van der Waals surface area contributed by atoms with Gasteiger partial charge in [0.05, 0.1) is 11.7 Å². The monoisotopic (exact) mass is 469 g/mol. The van der Waals surface area contributed by atoms with Gasteiger partial charge in [0.15, 0.2) is 5.58 Å². The molecule has 1 saturated heterocycles. The first kappa shape index (κ1) is 23.0. The lowest BCUT2D eigenvalue weighted by Crippen LogP contribution is -2.51. The van der Waals surface area contributed by atoms with Gasteiger partial charge >= 0.3 is 0 Å². The van der Waals surface area contributed by atoms with E-state index in [1.165, 1.54) is 0 Å². The zero-order valence-corrected chi connectivity index (χ0v) is 20.7. The summed E-state index contributed by atoms with van der Waals surface area (Å²) in [5, 5.41) is 3.36. The number of likely N-dealkylation sites (tertiary alicyclic amines) is 1. The number of fused-ring (bicyclic) bond motifs is 1. The summed E-state index contributed by atoms with van der Waals surface area (Å²) in [6, 6.07) is 14.3. The Labute approximate surface area is 205 Å². The fourth-order valence-electron chi connectivity index (χ4n) is 4.94. The molecule has 4 aromatic rings. The van der Waals surface area contributed by atoms with Crippen molar-refractivity contribution in [2.75, 3.05) is 18.4 Å². The lowest BCUT2D eigenvalue weighted by Gasteiger charge is -2.40. The van der Waals surface area contributed by atoms with Gasteiger partial charge in [-0.05, 0) is 69.4 Å². The van der Waals surface area contributed by atoms with Crippen molar-refractivity contribution in [1.29, 1.82) is 0 Å². The molecule has 1 N–H and O–H groups in total. The molecule has 1 aliphatic heterocycles. The average Bonchev–Trinajstić information content (AvgIpc) is 3.24. The van der Waals surface area contributed by atoms with Crippen molar-refractivity contribution in [3.05, 3.63) is 71.2 Å². The Morgan fingerprint density at radius 2 is 1.89 bits per heavy atom. The van der Waals surface area contributed by atoms with E-state index in [9.17, 15) is 4.79 Å². The largest absolute Gasteiger partial charge is 0.424 e. The topological polar surface area (TPSA) is 84.2 Å². The first-order chi connectivity index (χ1) is 16.9. The standard InChI is InChI=1S/C28H31N5O2/c1-17-7-9-21(23-11-12-29-20(4)31-23)22(14-17)27(34)33-13-5-6-19(3)25(33)16-30-28-32-24-15-18(2)8-10-26(24)35-28/h7-12,14-15,19,25H,5-6,13,16H2,1-4H3,(H,30,32)/t19?,25-/m1/s1. The highest BCUT2D eigenvalue weighted by atomic mass is 16.4. The molecule has 0 saturated carbocycles. The summed E-state index contributed by atoms with van der Waals surface area (Å²) in [7, 11) is 0. The molecule has 0 bridgehead atoms. The fraction of sp³-hybridized carbons (Fsp3) is 0.357. The predicted octanol–water partition coefficient (Wildman–Crippen LogP) is 5.56. The summed E-state index contributed by atoms with van der Waals surface area (Å²) in [5.74, 6) is 1.07. The number of oxazole rings is 1. The SMILES string of the molecule is Cc1ccc(-c2ccnc(C)n2)c(C(=O)N2CCCC(C)[C@H]2CNc2nc3cc(C)ccc3o2)c1. The third-order valence-electron chi connectivity index (χ3n) is 6.84. The van der Waals surface area contributed by atoms with E-state index < -0.39 is 0 Å². The summed E-state index contributed by atoms with van der Waals surface area (Å²) in [5.41, 5.74) is 6.06. The molecule has 1 aliphatic rings. The molecule has 5 rings (SSSR count). The molecule has 0 radical (unpaired) electrons. The van der Waals surface area contributed by atoms with E-state index in [-0.39, 0.29) is 11.9 Å². The quantitative estimate of drug-likeness (QED) is 0.412. The first-order valence-corrected chi connectivity index (χ1v) is 12.2. The average molecular weight is 470 g/mol. The van der Waals surface area contributed by atoms with Crippen molar-refractivity contribution >= 4 is 23.0 Å². The highest BCUT2D eigenvalue weighted by molar-refractivity contribution is 6.01. The van der Waals surface area contributed by atoms with Gasteiger partial charge in [-0.3, -0.25) is 4.79 Å². The minimum Gasteiger partial charge on any atom is -0.424 e. The Morgan fingerprint density at radius 1 is 1.09 bits per heavy atom. The van der Waals surface area contributed by atoms with Crippen molar-refractivity contribution in [2.24, 2.45) is 5.92 Å². The van der Waals surface area contributed by atoms with E-state index in [2.05, 4.69) is 27.2 Å². The number of aromatic nitrogens is 3. The third-order valence-corrected chi connectivity index (χ3v) is 6.84. The Morgan fingerprint density at radius 3 is 2.71 bits per heavy atom. The van der Waals surface area contributed by atoms with Gasteiger partial charge in [-0.25, -0.2) is 9.97 Å². The van der Waals surface area contributed by atoms with Crippen LogP contribution in [0.5, 0.6) is 0 Å². The number of hydrogen-bond acceptors (Lipinski definition) is 6. The summed E-state index contributed by atoms with van der Waals surface area (Å²) in [4.78, 5) is 29.4. The first-order valence-electron chi connectivity index (χ1n) is 12.2. The molecular weight excluding hydrogens is 438 g/mol. The second-order valence-corrected chi connectivity index (χ2v) is 9.59. The number of hydrogen-bond donors (Lipinski definition) is 1. The molecule has 2 aromatic carbocycles. The van der Waals surface area contributed by atoms with Crippen LogP contribution in [-0.2, 0) is 0 Å². The van der Waals surface area contributed by atoms with Crippen molar-refractivity contribution in [1.82, 2.24) is 19.9 Å². The van der Waals surface area contributed by atoms with E-state index in [1.54, 1.807) is 6.20 Å². The van der Waals surface area contributed by atoms with E-state index in [4.69, 9.17) is 4.42 Å². The minimum atomic E-state index is 0.0218. The van der Waals surface area contributed by atoms with E-state index >= 15 is 0 Å². The number of nitrogens with zero attached hydrogens (tertiary/aromatic N) is 4. The number of carbonyl (C=O) groups excluding carboxylic acids is 1. The molecule has 7 nitrogen and oxygen atoms in total. The molecule has 0 aliphatic carbocycles. The maximum Gasteiger partial charge on any atom is 0.295 e. The lowest BCUT2D eigenvalue weighted by atomic mass is 9.89. The normalized spacial score (nSPS) is 18.1. The molecule has 2 atom stereocenters. The summed E-state index contributed by atoms with van der Waals surface area (Å²) in [6.45, 7) is 9.42. The van der Waals surface area contributed by atoms with Gasteiger partial charge in [-0.15, -0.1) is 0 Å². The second-order valence-electron chi connectivity index (χ2n) is 9.59. The molecule has 7 heteroatoms. The molecule has 1 unspecified atom stereocenters. The highest BCUT2D eigenvalue weighted by Crippen LogP contribution is 2.30. The molecule has 0 spiro atoms. The maximum absolute atomic E-state index is 14.0. The van der Waals surface area contributed by atoms with Crippen LogP contribution in [0.3, 0.4) is 0 Å². The van der Waals surface area contributed by atoms with Crippen molar-refractivity contribution < 1.29 is 9.21 Å². The highest BCUT2D eigenvalue weighted by Gasteiger charge is 2.33. The summed E-state index contributed by atoms with van der Waals surface area (Å²) in [6.07, 6.45) is 3.80. The molecule has 1 amide bonds. The zero-order chi connectivity index (χ0) is 24.5. The van der Waals surface area contributed by atoms with Crippen LogP contribution in [0, 0.1) is 26.7 Å². The summed E-state index contributed by atoms with van der Waals surface area (Å²) >= 11 is 0. The number of anilines is 1. The number of nitrogens with one attached hydrogen (secondary N) is 1. The number of piperidine rings is 1. The van der Waals surface area contributed by atoms with Gasteiger partial charge in [0.1, 0.15) is 11.3 Å². The van der Waals surface area contributed by atoms with Crippen LogP contribution in [0.1, 0.15) is 47.1 Å². The van der Waals surface area contributed by atoms with Gasteiger partial charge in [-0.1, -0.05) is 30.7 Å². The Kier molecular flexibility index (Phi) is 6.24. The summed E-state index contributed by atoms with van der Waals surface area (Å²) < 4.78 is 5.89. The van der Waals surface area contributed by atoms with E-state index in [0.717, 1.165) is 52.9 Å². The minimum absolute atomic E-state index is 0.0218. The van der Waals surface area contributed by atoms with E-state index in [0.29, 0.717) is 29.9 Å². The van der Waals surface area contributed by atoms with E-state index in [1.807, 2.05) is 68.1 Å². The predicted molar refractivity (Wildman–Crippen MR) is 137 cm³/mol.